The van der Waals surface area contributed by atoms with E-state index in [0.29, 0.717) is 19.5 Å². The predicted molar refractivity (Wildman–Crippen MR) is 77.4 cm³/mol. The van der Waals surface area contributed by atoms with Crippen molar-refractivity contribution in [3.63, 3.8) is 0 Å². The van der Waals surface area contributed by atoms with E-state index in [4.69, 9.17) is 0 Å². The molecule has 1 aliphatic rings. The van der Waals surface area contributed by atoms with Gasteiger partial charge in [-0.1, -0.05) is 19.1 Å². The van der Waals surface area contributed by atoms with Crippen LogP contribution in [0.15, 0.2) is 24.3 Å². The van der Waals surface area contributed by atoms with Crippen LogP contribution in [0.2, 0.25) is 0 Å². The summed E-state index contributed by atoms with van der Waals surface area (Å²) in [7, 11) is 0. The summed E-state index contributed by atoms with van der Waals surface area (Å²) in [6, 6.07) is 5.49. The van der Waals surface area contributed by atoms with Crippen LogP contribution in [0.1, 0.15) is 37.9 Å². The van der Waals surface area contributed by atoms with Crippen LogP contribution in [0.3, 0.4) is 0 Å². The second-order valence-electron chi connectivity index (χ2n) is 5.63. The number of halogens is 1. The van der Waals surface area contributed by atoms with E-state index in [9.17, 15) is 19.4 Å². The van der Waals surface area contributed by atoms with Crippen molar-refractivity contribution in [3.8, 4) is 0 Å². The molecule has 0 aromatic heterocycles. The molecular formula is C16H22FNO3. The summed E-state index contributed by atoms with van der Waals surface area (Å²) in [5.41, 5.74) is 0.722. The van der Waals surface area contributed by atoms with Gasteiger partial charge in [-0.05, 0) is 56.0 Å². The van der Waals surface area contributed by atoms with Crippen LogP contribution in [-0.4, -0.2) is 40.2 Å². The van der Waals surface area contributed by atoms with Crippen LogP contribution in [-0.2, 0) is 4.79 Å². The third-order valence-electron chi connectivity index (χ3n) is 4.34. The normalized spacial score (nSPS) is 20.1. The van der Waals surface area contributed by atoms with Crippen molar-refractivity contribution in [3.05, 3.63) is 35.6 Å². The number of hydrogen-bond donors (Lipinski definition) is 2. The Labute approximate surface area is 124 Å². The maximum absolute atomic E-state index is 12.9. The topological polar surface area (TPSA) is 60.8 Å². The van der Waals surface area contributed by atoms with E-state index >= 15 is 0 Å². The zero-order valence-corrected chi connectivity index (χ0v) is 12.2. The number of carboxylic acid groups (broad SMARTS) is 1. The number of piperidine rings is 1. The summed E-state index contributed by atoms with van der Waals surface area (Å²) in [4.78, 5) is 13.1. The van der Waals surface area contributed by atoms with Crippen molar-refractivity contribution in [1.82, 2.24) is 4.90 Å². The number of rotatable bonds is 5. The molecule has 1 aromatic carbocycles. The molecular weight excluding hydrogens is 273 g/mol. The first-order chi connectivity index (χ1) is 10.0. The van der Waals surface area contributed by atoms with Crippen molar-refractivity contribution in [2.45, 2.75) is 38.3 Å². The van der Waals surface area contributed by atoms with Gasteiger partial charge >= 0.3 is 5.97 Å². The molecule has 0 saturated carbocycles. The smallest absolute Gasteiger partial charge is 0.320 e. The molecule has 2 N–H and O–H groups in total. The van der Waals surface area contributed by atoms with E-state index in [1.165, 1.54) is 12.1 Å². The van der Waals surface area contributed by atoms with Gasteiger partial charge in [0, 0.05) is 0 Å². The first-order valence-corrected chi connectivity index (χ1v) is 7.43. The monoisotopic (exact) mass is 295 g/mol. The number of aliphatic carboxylic acids is 1. The van der Waals surface area contributed by atoms with Crippen LogP contribution in [0.5, 0.6) is 0 Å². The fraction of sp³-hybridized carbons (Fsp3) is 0.562. The third-order valence-corrected chi connectivity index (χ3v) is 4.34. The fourth-order valence-corrected chi connectivity index (χ4v) is 3.07. The van der Waals surface area contributed by atoms with Gasteiger partial charge in [-0.3, -0.25) is 9.69 Å². The average Bonchev–Trinajstić information content (AvgIpc) is 2.48. The van der Waals surface area contributed by atoms with E-state index in [0.717, 1.165) is 18.4 Å². The zero-order chi connectivity index (χ0) is 15.4. The highest BCUT2D eigenvalue weighted by Gasteiger charge is 2.31. The van der Waals surface area contributed by atoms with Gasteiger partial charge in [0.05, 0.1) is 6.10 Å². The Kier molecular flexibility index (Phi) is 5.31. The molecule has 5 heteroatoms. The molecule has 0 aliphatic carbocycles. The molecule has 1 aliphatic heterocycles. The van der Waals surface area contributed by atoms with Crippen LogP contribution < -0.4 is 0 Å². The maximum Gasteiger partial charge on any atom is 0.320 e. The van der Waals surface area contributed by atoms with E-state index in [2.05, 4.69) is 0 Å². The third kappa shape index (κ3) is 3.80. The summed E-state index contributed by atoms with van der Waals surface area (Å²) in [6.07, 6.45) is 1.48. The van der Waals surface area contributed by atoms with Gasteiger partial charge in [0.2, 0.25) is 0 Å². The Bertz CT molecular complexity index is 469. The van der Waals surface area contributed by atoms with E-state index in [1.807, 2.05) is 11.8 Å². The molecule has 4 nitrogen and oxygen atoms in total. The minimum Gasteiger partial charge on any atom is -0.480 e. The molecule has 0 bridgehead atoms. The van der Waals surface area contributed by atoms with Gasteiger partial charge in [-0.15, -0.1) is 0 Å². The molecule has 21 heavy (non-hydrogen) atoms. The largest absolute Gasteiger partial charge is 0.480 e. The predicted octanol–water partition coefficient (Wildman–Crippen LogP) is 2.43. The van der Waals surface area contributed by atoms with Gasteiger partial charge in [-0.2, -0.15) is 0 Å². The highest BCUT2D eigenvalue weighted by molar-refractivity contribution is 5.73. The van der Waals surface area contributed by atoms with E-state index in [-0.39, 0.29) is 11.7 Å². The Hall–Kier alpha value is -1.46. The standard InChI is InChI=1S/C16H22FNO3/c1-2-14(16(20)21)18-9-7-12(8-10-18)15(19)11-3-5-13(17)6-4-11/h3-6,12,14-15,19H,2,7-10H2,1H3,(H,20,21)/t14-,15-/m1/s1. The molecule has 0 unspecified atom stereocenters. The number of aliphatic hydroxyl groups is 1. The summed E-state index contributed by atoms with van der Waals surface area (Å²) in [5.74, 6) is -0.999. The number of nitrogens with zero attached hydrogens (tertiary/aromatic N) is 1. The molecule has 2 atom stereocenters. The Balaban J connectivity index is 1.94. The lowest BCUT2D eigenvalue weighted by atomic mass is 9.87. The van der Waals surface area contributed by atoms with Gasteiger partial charge < -0.3 is 10.2 Å². The number of hydrogen-bond acceptors (Lipinski definition) is 3. The summed E-state index contributed by atoms with van der Waals surface area (Å²) in [6.45, 7) is 3.22. The molecule has 1 fully saturated rings. The lowest BCUT2D eigenvalue weighted by Crippen LogP contribution is -2.46. The Morgan fingerprint density at radius 1 is 1.33 bits per heavy atom. The minimum atomic E-state index is -0.782. The second-order valence-corrected chi connectivity index (χ2v) is 5.63. The molecule has 116 valence electrons. The molecule has 0 spiro atoms. The van der Waals surface area contributed by atoms with Crippen LogP contribution in [0, 0.1) is 11.7 Å². The number of aliphatic hydroxyl groups excluding tert-OH is 1. The number of carbonyl (C=O) groups is 1. The maximum atomic E-state index is 12.9. The molecule has 1 saturated heterocycles. The summed E-state index contributed by atoms with van der Waals surface area (Å²) < 4.78 is 12.9. The first-order valence-electron chi connectivity index (χ1n) is 7.43. The average molecular weight is 295 g/mol. The molecule has 2 rings (SSSR count). The van der Waals surface area contributed by atoms with Crippen LogP contribution >= 0.6 is 0 Å². The summed E-state index contributed by atoms with van der Waals surface area (Å²) >= 11 is 0. The minimum absolute atomic E-state index is 0.0954. The van der Waals surface area contributed by atoms with Crippen molar-refractivity contribution in [1.29, 1.82) is 0 Å². The van der Waals surface area contributed by atoms with Crippen molar-refractivity contribution >= 4 is 5.97 Å². The Morgan fingerprint density at radius 2 is 1.90 bits per heavy atom. The molecule has 1 heterocycles. The molecule has 0 amide bonds. The number of likely N-dealkylation sites (tertiary alicyclic amines) is 1. The first kappa shape index (κ1) is 15.9. The summed E-state index contributed by atoms with van der Waals surface area (Å²) in [5, 5.41) is 19.5. The highest BCUT2D eigenvalue weighted by atomic mass is 19.1. The van der Waals surface area contributed by atoms with Gasteiger partial charge in [0.25, 0.3) is 0 Å². The van der Waals surface area contributed by atoms with Crippen molar-refractivity contribution in [2.75, 3.05) is 13.1 Å². The van der Waals surface area contributed by atoms with Crippen LogP contribution in [0.25, 0.3) is 0 Å². The SMILES string of the molecule is CC[C@H](C(=O)O)N1CCC([C@H](O)c2ccc(F)cc2)CC1. The number of benzene rings is 1. The van der Waals surface area contributed by atoms with Crippen LogP contribution in [0.4, 0.5) is 4.39 Å². The van der Waals surface area contributed by atoms with Crippen molar-refractivity contribution in [2.24, 2.45) is 5.92 Å². The molecule has 1 aromatic rings. The second kappa shape index (κ2) is 7.00. The lowest BCUT2D eigenvalue weighted by molar-refractivity contribution is -0.144. The van der Waals surface area contributed by atoms with E-state index < -0.39 is 18.1 Å². The number of carboxylic acids is 1. The fourth-order valence-electron chi connectivity index (χ4n) is 3.07. The Morgan fingerprint density at radius 3 is 2.38 bits per heavy atom. The zero-order valence-electron chi connectivity index (χ0n) is 12.2. The quantitative estimate of drug-likeness (QED) is 0.876. The van der Waals surface area contributed by atoms with E-state index in [1.54, 1.807) is 12.1 Å². The van der Waals surface area contributed by atoms with Crippen molar-refractivity contribution < 1.29 is 19.4 Å². The van der Waals surface area contributed by atoms with Gasteiger partial charge in [-0.25, -0.2) is 4.39 Å². The molecule has 0 radical (unpaired) electrons. The van der Waals surface area contributed by atoms with Gasteiger partial charge in [0.1, 0.15) is 11.9 Å². The highest BCUT2D eigenvalue weighted by Crippen LogP contribution is 2.31. The van der Waals surface area contributed by atoms with Gasteiger partial charge in [0.15, 0.2) is 0 Å². The lowest BCUT2D eigenvalue weighted by Gasteiger charge is -2.37.